The highest BCUT2D eigenvalue weighted by molar-refractivity contribution is 5.76. The molecule has 9 heteroatoms. The Morgan fingerprint density at radius 2 is 0.982 bits per heavy atom. The number of carbonyl (C=O) groups is 1. The van der Waals surface area contributed by atoms with Crippen LogP contribution in [0.5, 0.6) is 0 Å². The fourth-order valence-electron chi connectivity index (χ4n) is 7.75. The molecule has 2 unspecified atom stereocenters. The summed E-state index contributed by atoms with van der Waals surface area (Å²) < 4.78 is 11.2. The molecule has 332 valence electrons. The number of amides is 1. The molecule has 0 spiro atoms. The molecule has 7 atom stereocenters. The van der Waals surface area contributed by atoms with Crippen molar-refractivity contribution in [3.05, 3.63) is 12.2 Å². The van der Waals surface area contributed by atoms with Gasteiger partial charge in [-0.25, -0.2) is 0 Å². The van der Waals surface area contributed by atoms with Crippen molar-refractivity contribution >= 4 is 5.91 Å². The van der Waals surface area contributed by atoms with Crippen LogP contribution in [0, 0.1) is 0 Å². The van der Waals surface area contributed by atoms with E-state index < -0.39 is 49.5 Å². The zero-order chi connectivity index (χ0) is 40.9. The van der Waals surface area contributed by atoms with Gasteiger partial charge in [-0.3, -0.25) is 4.79 Å². The smallest absolute Gasteiger partial charge is 0.220 e. The van der Waals surface area contributed by atoms with Gasteiger partial charge in [-0.05, 0) is 19.3 Å². The second-order valence-corrected chi connectivity index (χ2v) is 16.9. The van der Waals surface area contributed by atoms with Gasteiger partial charge in [-0.2, -0.15) is 0 Å². The number of ether oxygens (including phenoxy) is 2. The quantitative estimate of drug-likeness (QED) is 0.0265. The Morgan fingerprint density at radius 1 is 0.589 bits per heavy atom. The number of nitrogens with one attached hydrogen (secondary N) is 1. The monoisotopic (exact) mass is 798 g/mol. The molecule has 6 N–H and O–H groups in total. The molecular weight excluding hydrogens is 707 g/mol. The highest BCUT2D eigenvalue weighted by atomic mass is 16.7. The summed E-state index contributed by atoms with van der Waals surface area (Å²) in [6.07, 6.45) is 37.0. The van der Waals surface area contributed by atoms with E-state index in [-0.39, 0.29) is 12.5 Å². The standard InChI is InChI=1S/C47H91NO8/c1-3-5-7-9-11-13-15-16-17-18-19-20-21-22-23-24-25-26-27-29-31-33-35-37-43(51)48-40(39-55-47-46(54)45(53)44(52)42(38-49)56-47)41(50)36-34-32-30-28-14-12-10-8-6-4-2/h34,36,40-42,44-47,49-50,52-54H,3-33,35,37-39H2,1-2H3,(H,48,51)/b36-34+/t40-,41+,42+,44+,45?,46?,47+/m0/s1. The van der Waals surface area contributed by atoms with Crippen molar-refractivity contribution in [2.45, 2.75) is 269 Å². The summed E-state index contributed by atoms with van der Waals surface area (Å²) in [4.78, 5) is 12.9. The highest BCUT2D eigenvalue weighted by Gasteiger charge is 2.44. The SMILES string of the molecule is CCCCCCCCCC/C=C/[C@@H](O)[C@H](CO[C@@H]1O[C@H](CO)[C@@H](O)C(O)C1O)NC(=O)CCCCCCCCCCCCCCCCCCCCCCCCC. The van der Waals surface area contributed by atoms with Gasteiger partial charge in [0, 0.05) is 6.42 Å². The summed E-state index contributed by atoms with van der Waals surface area (Å²) in [6, 6.07) is -0.797. The Hall–Kier alpha value is -1.07. The molecule has 1 aliphatic rings. The lowest BCUT2D eigenvalue weighted by atomic mass is 9.99. The minimum Gasteiger partial charge on any atom is -0.394 e. The van der Waals surface area contributed by atoms with Crippen LogP contribution < -0.4 is 5.32 Å². The van der Waals surface area contributed by atoms with Gasteiger partial charge in [0.2, 0.25) is 5.91 Å². The molecule has 0 aromatic carbocycles. The normalized spacial score (nSPS) is 21.2. The van der Waals surface area contributed by atoms with Crippen molar-refractivity contribution in [2.75, 3.05) is 13.2 Å². The number of aliphatic hydroxyl groups is 5. The fourth-order valence-corrected chi connectivity index (χ4v) is 7.75. The van der Waals surface area contributed by atoms with Crippen molar-refractivity contribution in [1.82, 2.24) is 5.32 Å². The maximum atomic E-state index is 12.9. The fraction of sp³-hybridized carbons (Fsp3) is 0.936. The van der Waals surface area contributed by atoms with Gasteiger partial charge in [0.25, 0.3) is 0 Å². The number of hydrogen-bond acceptors (Lipinski definition) is 8. The zero-order valence-corrected chi connectivity index (χ0v) is 36.4. The van der Waals surface area contributed by atoms with E-state index in [1.807, 2.05) is 6.08 Å². The third-order valence-corrected chi connectivity index (χ3v) is 11.6. The lowest BCUT2D eigenvalue weighted by Gasteiger charge is -2.40. The van der Waals surface area contributed by atoms with Gasteiger partial charge in [-0.15, -0.1) is 0 Å². The molecule has 1 rings (SSSR count). The molecule has 1 amide bonds. The zero-order valence-electron chi connectivity index (χ0n) is 36.4. The van der Waals surface area contributed by atoms with E-state index in [1.54, 1.807) is 6.08 Å². The van der Waals surface area contributed by atoms with Gasteiger partial charge in [0.1, 0.15) is 24.4 Å². The number of allylic oxidation sites excluding steroid dienone is 1. The molecule has 0 saturated carbocycles. The molecule has 0 aromatic rings. The first-order chi connectivity index (χ1) is 27.3. The average Bonchev–Trinajstić information content (AvgIpc) is 3.20. The Balaban J connectivity index is 2.22. The van der Waals surface area contributed by atoms with Gasteiger partial charge in [0.05, 0.1) is 25.4 Å². The first kappa shape index (κ1) is 52.9. The van der Waals surface area contributed by atoms with Crippen molar-refractivity contribution in [3.8, 4) is 0 Å². The summed E-state index contributed by atoms with van der Waals surface area (Å²) in [7, 11) is 0. The second-order valence-electron chi connectivity index (χ2n) is 16.9. The molecule has 1 aliphatic heterocycles. The Labute approximate surface area is 344 Å². The minimum absolute atomic E-state index is 0.175. The van der Waals surface area contributed by atoms with Crippen LogP contribution in [-0.2, 0) is 14.3 Å². The Morgan fingerprint density at radius 3 is 1.39 bits per heavy atom. The van der Waals surface area contributed by atoms with E-state index in [0.717, 1.165) is 38.5 Å². The van der Waals surface area contributed by atoms with Crippen LogP contribution >= 0.6 is 0 Å². The molecule has 1 saturated heterocycles. The molecule has 0 radical (unpaired) electrons. The third kappa shape index (κ3) is 28.4. The van der Waals surface area contributed by atoms with Gasteiger partial charge in [0.15, 0.2) is 6.29 Å². The summed E-state index contributed by atoms with van der Waals surface area (Å²) in [6.45, 7) is 3.76. The van der Waals surface area contributed by atoms with Crippen LogP contribution in [0.3, 0.4) is 0 Å². The molecule has 56 heavy (non-hydrogen) atoms. The van der Waals surface area contributed by atoms with Gasteiger partial charge in [-0.1, -0.05) is 212 Å². The van der Waals surface area contributed by atoms with E-state index in [1.165, 1.54) is 167 Å². The van der Waals surface area contributed by atoms with E-state index >= 15 is 0 Å². The van der Waals surface area contributed by atoms with Crippen LogP contribution in [0.25, 0.3) is 0 Å². The lowest BCUT2D eigenvalue weighted by Crippen LogP contribution is -2.60. The van der Waals surface area contributed by atoms with E-state index in [4.69, 9.17) is 9.47 Å². The number of aliphatic hydroxyl groups excluding tert-OH is 5. The molecular formula is C47H91NO8. The molecule has 0 bridgehead atoms. The largest absolute Gasteiger partial charge is 0.394 e. The summed E-state index contributed by atoms with van der Waals surface area (Å²) in [5.74, 6) is -0.175. The summed E-state index contributed by atoms with van der Waals surface area (Å²) in [5, 5.41) is 54.1. The average molecular weight is 798 g/mol. The summed E-state index contributed by atoms with van der Waals surface area (Å²) in [5.41, 5.74) is 0. The number of rotatable bonds is 40. The van der Waals surface area contributed by atoms with Crippen molar-refractivity contribution < 1.29 is 39.8 Å². The van der Waals surface area contributed by atoms with Crippen LogP contribution in [0.2, 0.25) is 0 Å². The van der Waals surface area contributed by atoms with Gasteiger partial charge >= 0.3 is 0 Å². The molecule has 1 heterocycles. The van der Waals surface area contributed by atoms with E-state index in [9.17, 15) is 30.3 Å². The number of unbranched alkanes of at least 4 members (excludes halogenated alkanes) is 30. The van der Waals surface area contributed by atoms with Crippen LogP contribution in [0.4, 0.5) is 0 Å². The van der Waals surface area contributed by atoms with E-state index in [2.05, 4.69) is 19.2 Å². The lowest BCUT2D eigenvalue weighted by molar-refractivity contribution is -0.302. The van der Waals surface area contributed by atoms with Crippen molar-refractivity contribution in [3.63, 3.8) is 0 Å². The predicted molar refractivity (Wildman–Crippen MR) is 231 cm³/mol. The number of hydrogen-bond donors (Lipinski definition) is 6. The van der Waals surface area contributed by atoms with E-state index in [0.29, 0.717) is 6.42 Å². The second kappa shape index (κ2) is 38.2. The molecule has 1 fully saturated rings. The van der Waals surface area contributed by atoms with Crippen LogP contribution in [0.1, 0.15) is 226 Å². The molecule has 0 aliphatic carbocycles. The first-order valence-corrected chi connectivity index (χ1v) is 23.9. The van der Waals surface area contributed by atoms with Crippen molar-refractivity contribution in [1.29, 1.82) is 0 Å². The van der Waals surface area contributed by atoms with Crippen LogP contribution in [-0.4, -0.2) is 87.5 Å². The number of carbonyl (C=O) groups excluding carboxylic acids is 1. The Kier molecular flexibility index (Phi) is 36.1. The topological polar surface area (TPSA) is 149 Å². The third-order valence-electron chi connectivity index (χ3n) is 11.6. The molecule has 9 nitrogen and oxygen atoms in total. The highest BCUT2D eigenvalue weighted by Crippen LogP contribution is 2.23. The first-order valence-electron chi connectivity index (χ1n) is 23.9. The summed E-state index contributed by atoms with van der Waals surface area (Å²) >= 11 is 0. The van der Waals surface area contributed by atoms with Crippen LogP contribution in [0.15, 0.2) is 12.2 Å². The minimum atomic E-state index is -1.56. The Bertz CT molecular complexity index is 888. The maximum absolute atomic E-state index is 12.9. The van der Waals surface area contributed by atoms with Crippen molar-refractivity contribution in [2.24, 2.45) is 0 Å². The predicted octanol–water partition coefficient (Wildman–Crippen LogP) is 10.1. The maximum Gasteiger partial charge on any atom is 0.220 e. The van der Waals surface area contributed by atoms with Gasteiger partial charge < -0.3 is 40.3 Å². The molecule has 0 aromatic heterocycles.